The quantitative estimate of drug-likeness (QED) is 0.320. The molecule has 8 heteroatoms. The number of aromatic nitrogens is 2. The van der Waals surface area contributed by atoms with Crippen molar-refractivity contribution in [2.24, 2.45) is 5.73 Å². The van der Waals surface area contributed by atoms with Crippen LogP contribution in [0.4, 0.5) is 0 Å². The van der Waals surface area contributed by atoms with E-state index in [-0.39, 0.29) is 12.5 Å². The van der Waals surface area contributed by atoms with Crippen LogP contribution in [0.1, 0.15) is 11.1 Å². The lowest BCUT2D eigenvalue weighted by Gasteiger charge is -2.09. The van der Waals surface area contributed by atoms with Gasteiger partial charge in [-0.25, -0.2) is 4.98 Å². The van der Waals surface area contributed by atoms with E-state index in [1.54, 1.807) is 12.3 Å². The van der Waals surface area contributed by atoms with Crippen LogP contribution in [0.3, 0.4) is 0 Å². The van der Waals surface area contributed by atoms with Crippen molar-refractivity contribution in [3.05, 3.63) is 66.1 Å². The van der Waals surface area contributed by atoms with Crippen molar-refractivity contribution in [2.45, 2.75) is 6.42 Å². The van der Waals surface area contributed by atoms with E-state index in [1.165, 1.54) is 22.3 Å². The van der Waals surface area contributed by atoms with Gasteiger partial charge in [0.05, 0.1) is 26.4 Å². The standard InChI is InChI=1S/C25H28N4O4/c26-6-9-31-11-12-32-10-8-28-24(30)17-33-25-4-2-20(15-29-25)18-1-3-22-21(13-18)14-19-5-7-27-16-23(19)22/h1-5,7,13,15-16H,6,8-12,14,17,26H2,(H,28,30). The monoisotopic (exact) mass is 448 g/mol. The van der Waals surface area contributed by atoms with Gasteiger partial charge in [0.1, 0.15) is 0 Å². The minimum Gasteiger partial charge on any atom is -0.468 e. The second-order valence-electron chi connectivity index (χ2n) is 7.62. The maximum absolute atomic E-state index is 11.9. The summed E-state index contributed by atoms with van der Waals surface area (Å²) in [6.45, 7) is 2.69. The van der Waals surface area contributed by atoms with E-state index in [4.69, 9.17) is 19.9 Å². The summed E-state index contributed by atoms with van der Waals surface area (Å²) in [5.41, 5.74) is 12.5. The van der Waals surface area contributed by atoms with Gasteiger partial charge in [0.2, 0.25) is 5.88 Å². The van der Waals surface area contributed by atoms with Gasteiger partial charge in [-0.3, -0.25) is 9.78 Å². The lowest BCUT2D eigenvalue weighted by atomic mass is 10.0. The van der Waals surface area contributed by atoms with E-state index in [1.807, 2.05) is 18.5 Å². The predicted molar refractivity (Wildman–Crippen MR) is 125 cm³/mol. The second kappa shape index (κ2) is 11.5. The van der Waals surface area contributed by atoms with Gasteiger partial charge in [0.25, 0.3) is 5.91 Å². The highest BCUT2D eigenvalue weighted by molar-refractivity contribution is 5.79. The Morgan fingerprint density at radius 3 is 2.61 bits per heavy atom. The molecule has 8 nitrogen and oxygen atoms in total. The third-order valence-corrected chi connectivity index (χ3v) is 5.31. The second-order valence-corrected chi connectivity index (χ2v) is 7.62. The fourth-order valence-electron chi connectivity index (χ4n) is 3.70. The first kappa shape index (κ1) is 22.8. The summed E-state index contributed by atoms with van der Waals surface area (Å²) in [7, 11) is 0. The smallest absolute Gasteiger partial charge is 0.258 e. The molecule has 1 aromatic carbocycles. The summed E-state index contributed by atoms with van der Waals surface area (Å²) >= 11 is 0. The summed E-state index contributed by atoms with van der Waals surface area (Å²) in [5.74, 6) is 0.179. The van der Waals surface area contributed by atoms with Crippen LogP contribution in [0.2, 0.25) is 0 Å². The first-order chi connectivity index (χ1) is 16.2. The minimum atomic E-state index is -0.225. The molecule has 1 aliphatic carbocycles. The van der Waals surface area contributed by atoms with E-state index in [2.05, 4.69) is 39.6 Å². The molecular weight excluding hydrogens is 420 g/mol. The van der Waals surface area contributed by atoms with Crippen LogP contribution in [0.5, 0.6) is 5.88 Å². The van der Waals surface area contributed by atoms with E-state index in [0.29, 0.717) is 45.4 Å². The first-order valence-corrected chi connectivity index (χ1v) is 11.0. The SMILES string of the molecule is NCCOCCOCCNC(=O)COc1ccc(-c2ccc3c(c2)Cc2ccncc2-3)cn1. The Hall–Kier alpha value is -3.33. The molecule has 2 heterocycles. The van der Waals surface area contributed by atoms with Crippen LogP contribution in [-0.4, -0.2) is 62.0 Å². The van der Waals surface area contributed by atoms with Crippen molar-refractivity contribution in [3.63, 3.8) is 0 Å². The predicted octanol–water partition coefficient (Wildman–Crippen LogP) is 2.20. The van der Waals surface area contributed by atoms with Gasteiger partial charge in [-0.1, -0.05) is 18.2 Å². The number of nitrogens with one attached hydrogen (secondary N) is 1. The number of nitrogens with two attached hydrogens (primary N) is 1. The average molecular weight is 449 g/mol. The Kier molecular flexibility index (Phi) is 7.97. The van der Waals surface area contributed by atoms with Crippen LogP contribution in [-0.2, 0) is 20.7 Å². The molecule has 0 unspecified atom stereocenters. The van der Waals surface area contributed by atoms with Gasteiger partial charge < -0.3 is 25.3 Å². The summed E-state index contributed by atoms with van der Waals surface area (Å²) < 4.78 is 16.1. The van der Waals surface area contributed by atoms with Crippen LogP contribution >= 0.6 is 0 Å². The lowest BCUT2D eigenvalue weighted by Crippen LogP contribution is -2.32. The average Bonchev–Trinajstić information content (AvgIpc) is 3.22. The van der Waals surface area contributed by atoms with Crippen molar-refractivity contribution >= 4 is 5.91 Å². The van der Waals surface area contributed by atoms with E-state index in [9.17, 15) is 4.79 Å². The van der Waals surface area contributed by atoms with E-state index < -0.39 is 0 Å². The summed E-state index contributed by atoms with van der Waals surface area (Å²) in [5, 5.41) is 2.74. The van der Waals surface area contributed by atoms with Crippen LogP contribution in [0.25, 0.3) is 22.3 Å². The lowest BCUT2D eigenvalue weighted by molar-refractivity contribution is -0.123. The molecule has 0 radical (unpaired) electrons. The Morgan fingerprint density at radius 1 is 0.939 bits per heavy atom. The molecule has 0 fully saturated rings. The molecule has 3 aromatic rings. The van der Waals surface area contributed by atoms with Crippen LogP contribution in [0, 0.1) is 0 Å². The zero-order valence-electron chi connectivity index (χ0n) is 18.5. The number of carbonyl (C=O) groups excluding carboxylic acids is 1. The zero-order valence-corrected chi connectivity index (χ0v) is 18.5. The summed E-state index contributed by atoms with van der Waals surface area (Å²) in [6.07, 6.45) is 6.44. The third kappa shape index (κ3) is 6.13. The Bertz CT molecular complexity index is 1070. The molecule has 172 valence electrons. The largest absolute Gasteiger partial charge is 0.468 e. The number of carbonyl (C=O) groups is 1. The normalized spacial score (nSPS) is 11.7. The molecule has 4 rings (SSSR count). The third-order valence-electron chi connectivity index (χ3n) is 5.31. The Labute approximate surface area is 193 Å². The van der Waals surface area contributed by atoms with Crippen LogP contribution < -0.4 is 15.8 Å². The first-order valence-electron chi connectivity index (χ1n) is 11.0. The molecule has 0 bridgehead atoms. The fraction of sp³-hybridized carbons (Fsp3) is 0.320. The summed E-state index contributed by atoms with van der Waals surface area (Å²) in [4.78, 5) is 20.5. The number of rotatable bonds is 12. The highest BCUT2D eigenvalue weighted by atomic mass is 16.5. The van der Waals surface area contributed by atoms with E-state index in [0.717, 1.165) is 17.5 Å². The zero-order chi connectivity index (χ0) is 22.9. The molecular formula is C25H28N4O4. The number of fused-ring (bicyclic) bond motifs is 3. The number of hydrogen-bond acceptors (Lipinski definition) is 7. The van der Waals surface area contributed by atoms with Gasteiger partial charge in [-0.05, 0) is 40.8 Å². The van der Waals surface area contributed by atoms with Crippen molar-refractivity contribution < 1.29 is 19.0 Å². The number of nitrogens with zero attached hydrogens (tertiary/aromatic N) is 2. The van der Waals surface area contributed by atoms with Gasteiger partial charge in [-0.15, -0.1) is 0 Å². The molecule has 2 aromatic heterocycles. The number of pyridine rings is 2. The molecule has 1 amide bonds. The van der Waals surface area contributed by atoms with Crippen molar-refractivity contribution in [1.29, 1.82) is 0 Å². The molecule has 33 heavy (non-hydrogen) atoms. The van der Waals surface area contributed by atoms with Crippen molar-refractivity contribution in [2.75, 3.05) is 46.1 Å². The molecule has 0 spiro atoms. The van der Waals surface area contributed by atoms with E-state index >= 15 is 0 Å². The van der Waals surface area contributed by atoms with Gasteiger partial charge in [0.15, 0.2) is 6.61 Å². The van der Waals surface area contributed by atoms with Gasteiger partial charge >= 0.3 is 0 Å². The molecule has 0 aliphatic heterocycles. The highest BCUT2D eigenvalue weighted by Gasteiger charge is 2.18. The Morgan fingerprint density at radius 2 is 1.79 bits per heavy atom. The summed E-state index contributed by atoms with van der Waals surface area (Å²) in [6, 6.07) is 12.2. The molecule has 0 saturated heterocycles. The van der Waals surface area contributed by atoms with Gasteiger partial charge in [0, 0.05) is 48.9 Å². The molecule has 0 saturated carbocycles. The molecule has 3 N–H and O–H groups in total. The number of ether oxygens (including phenoxy) is 3. The van der Waals surface area contributed by atoms with Crippen LogP contribution in [0.15, 0.2) is 55.0 Å². The number of benzene rings is 1. The molecule has 0 atom stereocenters. The fourth-order valence-corrected chi connectivity index (χ4v) is 3.70. The highest BCUT2D eigenvalue weighted by Crippen LogP contribution is 2.37. The van der Waals surface area contributed by atoms with Crippen molar-refractivity contribution in [3.8, 4) is 28.1 Å². The topological polar surface area (TPSA) is 109 Å². The number of hydrogen-bond donors (Lipinski definition) is 2. The maximum Gasteiger partial charge on any atom is 0.258 e. The van der Waals surface area contributed by atoms with Gasteiger partial charge in [-0.2, -0.15) is 0 Å². The Balaban J connectivity index is 1.21. The maximum atomic E-state index is 11.9. The number of amides is 1. The minimum absolute atomic E-state index is 0.100. The molecule has 1 aliphatic rings. The van der Waals surface area contributed by atoms with Crippen molar-refractivity contribution in [1.82, 2.24) is 15.3 Å².